The van der Waals surface area contributed by atoms with Crippen LogP contribution in [0.5, 0.6) is 5.75 Å². The molecule has 4 N–H and O–H groups in total. The molecule has 1 amide bonds. The third-order valence-electron chi connectivity index (χ3n) is 7.41. The van der Waals surface area contributed by atoms with Crippen molar-refractivity contribution >= 4 is 23.1 Å². The topological polar surface area (TPSA) is 129 Å². The summed E-state index contributed by atoms with van der Waals surface area (Å²) in [6.45, 7) is 4.05. The zero-order chi connectivity index (χ0) is 29.1. The number of carbonyl (C=O) groups excluding carboxylic acids is 1. The van der Waals surface area contributed by atoms with E-state index in [4.69, 9.17) is 15.2 Å². The number of anilines is 2. The van der Waals surface area contributed by atoms with Crippen molar-refractivity contribution in [1.29, 1.82) is 0 Å². The number of halogens is 2. The van der Waals surface area contributed by atoms with Crippen LogP contribution in [0.2, 0.25) is 0 Å². The lowest BCUT2D eigenvalue weighted by atomic mass is 9.73. The van der Waals surface area contributed by atoms with E-state index in [1.54, 1.807) is 30.7 Å². The van der Waals surface area contributed by atoms with Crippen LogP contribution in [0.25, 0.3) is 16.8 Å². The van der Waals surface area contributed by atoms with Crippen molar-refractivity contribution in [3.05, 3.63) is 66.1 Å². The molecule has 10 nitrogen and oxygen atoms in total. The summed E-state index contributed by atoms with van der Waals surface area (Å²) in [5.41, 5.74) is 8.69. The minimum absolute atomic E-state index is 0.0658. The molecule has 5 rings (SSSR count). The summed E-state index contributed by atoms with van der Waals surface area (Å²) in [5, 5.41) is 10.8. The summed E-state index contributed by atoms with van der Waals surface area (Å²) in [6.07, 6.45) is 6.56. The number of ether oxygens (including phenoxy) is 2. The number of rotatable bonds is 9. The van der Waals surface area contributed by atoms with E-state index in [9.17, 15) is 4.79 Å². The quantitative estimate of drug-likeness (QED) is 0.258. The first kappa shape index (κ1) is 28.4. The number of nitrogens with zero attached hydrogens (tertiary/aromatic N) is 4. The second-order valence-electron chi connectivity index (χ2n) is 10.4. The first-order valence-corrected chi connectivity index (χ1v) is 13.4. The van der Waals surface area contributed by atoms with Crippen molar-refractivity contribution in [2.45, 2.75) is 44.7 Å². The van der Waals surface area contributed by atoms with E-state index in [1.165, 1.54) is 18.5 Å². The summed E-state index contributed by atoms with van der Waals surface area (Å²) in [6, 6.07) is 7.14. The van der Waals surface area contributed by atoms with Crippen molar-refractivity contribution in [1.82, 2.24) is 24.9 Å². The largest absolute Gasteiger partial charge is 0.491 e. The number of imidazole rings is 1. The summed E-state index contributed by atoms with van der Waals surface area (Å²) < 4.78 is 41.8. The van der Waals surface area contributed by atoms with Crippen molar-refractivity contribution in [2.24, 2.45) is 11.7 Å². The van der Waals surface area contributed by atoms with Gasteiger partial charge in [0.2, 0.25) is 11.9 Å². The Morgan fingerprint density at radius 1 is 1.15 bits per heavy atom. The first-order chi connectivity index (χ1) is 19.7. The molecular formula is C29H33F2N7O3. The van der Waals surface area contributed by atoms with Gasteiger partial charge in [-0.15, -0.1) is 0 Å². The minimum atomic E-state index is -0.797. The fourth-order valence-electron chi connectivity index (χ4n) is 5.54. The Balaban J connectivity index is 1.42. The van der Waals surface area contributed by atoms with E-state index in [0.29, 0.717) is 24.5 Å². The van der Waals surface area contributed by atoms with Gasteiger partial charge in [0.25, 0.3) is 0 Å². The minimum Gasteiger partial charge on any atom is -0.491 e. The Bertz CT molecular complexity index is 1510. The molecule has 1 fully saturated rings. The SMILES string of the molecule is COCCOc1cc(F)c(-c2ccc3cnc(Nc4cnccc4[C@H]4C[C@@H](N)[C@@H](NC(C)=O)[C@@H](C)C4)n3n2)c(F)c1. The number of nitrogens with two attached hydrogens (primary N) is 1. The van der Waals surface area contributed by atoms with Gasteiger partial charge in [-0.25, -0.2) is 13.8 Å². The summed E-state index contributed by atoms with van der Waals surface area (Å²) in [5.74, 6) is -0.963. The molecule has 0 aliphatic heterocycles. The molecule has 4 atom stereocenters. The molecule has 12 heteroatoms. The molecule has 41 heavy (non-hydrogen) atoms. The summed E-state index contributed by atoms with van der Waals surface area (Å²) in [4.78, 5) is 20.4. The third kappa shape index (κ3) is 6.13. The zero-order valence-corrected chi connectivity index (χ0v) is 23.1. The van der Waals surface area contributed by atoms with Gasteiger partial charge in [-0.1, -0.05) is 6.92 Å². The van der Waals surface area contributed by atoms with Crippen LogP contribution in [0, 0.1) is 17.6 Å². The maximum Gasteiger partial charge on any atom is 0.229 e. The fraction of sp³-hybridized carbons (Fsp3) is 0.379. The third-order valence-corrected chi connectivity index (χ3v) is 7.41. The predicted molar refractivity (Wildman–Crippen MR) is 150 cm³/mol. The van der Waals surface area contributed by atoms with Crippen LogP contribution in [0.4, 0.5) is 20.4 Å². The van der Waals surface area contributed by atoms with Crippen LogP contribution in [-0.4, -0.2) is 57.9 Å². The normalized spacial score (nSPS) is 20.6. The molecule has 1 saturated carbocycles. The highest BCUT2D eigenvalue weighted by molar-refractivity contribution is 5.73. The van der Waals surface area contributed by atoms with Crippen molar-refractivity contribution < 1.29 is 23.0 Å². The maximum atomic E-state index is 15.0. The number of aromatic nitrogens is 4. The highest BCUT2D eigenvalue weighted by Gasteiger charge is 2.35. The summed E-state index contributed by atoms with van der Waals surface area (Å²) >= 11 is 0. The number of methoxy groups -OCH3 is 1. The van der Waals surface area contributed by atoms with Gasteiger partial charge in [-0.05, 0) is 48.4 Å². The monoisotopic (exact) mass is 565 g/mol. The molecule has 0 saturated heterocycles. The number of benzene rings is 1. The summed E-state index contributed by atoms with van der Waals surface area (Å²) in [7, 11) is 1.51. The van der Waals surface area contributed by atoms with Gasteiger partial charge >= 0.3 is 0 Å². The zero-order valence-electron chi connectivity index (χ0n) is 23.1. The van der Waals surface area contributed by atoms with Gasteiger partial charge in [0, 0.05) is 44.4 Å². The second kappa shape index (κ2) is 12.1. The average Bonchev–Trinajstić information content (AvgIpc) is 3.32. The maximum absolute atomic E-state index is 15.0. The van der Waals surface area contributed by atoms with Crippen LogP contribution >= 0.6 is 0 Å². The highest BCUT2D eigenvalue weighted by atomic mass is 19.1. The smallest absolute Gasteiger partial charge is 0.229 e. The molecule has 1 aliphatic rings. The lowest BCUT2D eigenvalue weighted by Gasteiger charge is -2.39. The van der Waals surface area contributed by atoms with Crippen LogP contribution in [0.15, 0.2) is 48.9 Å². The Labute approximate surface area is 236 Å². The van der Waals surface area contributed by atoms with E-state index in [0.717, 1.165) is 29.8 Å². The molecule has 1 aliphatic carbocycles. The average molecular weight is 566 g/mol. The van der Waals surface area contributed by atoms with Crippen molar-refractivity contribution in [2.75, 3.05) is 25.6 Å². The molecular weight excluding hydrogens is 532 g/mol. The van der Waals surface area contributed by atoms with E-state index in [1.807, 2.05) is 6.07 Å². The Morgan fingerprint density at radius 3 is 2.63 bits per heavy atom. The molecule has 0 unspecified atom stereocenters. The van der Waals surface area contributed by atoms with Crippen LogP contribution in [0.1, 0.15) is 38.2 Å². The molecule has 0 bridgehead atoms. The molecule has 0 spiro atoms. The number of amides is 1. The number of hydrogen-bond donors (Lipinski definition) is 3. The standard InChI is InChI=1S/C29H33F2N7O3/c1-16-10-18(11-24(32)28(16)35-17(2)39)21-6-7-33-15-26(21)36-29-34-14-19-4-5-25(37-38(19)29)27-22(30)12-20(13-23(27)31)41-9-8-40-3/h4-7,12-16,18,24,28H,8-11,32H2,1-3H3,(H,34,36)(H,35,39)/t16-,18+,24+,28-/m0/s1. The lowest BCUT2D eigenvalue weighted by Crippen LogP contribution is -2.54. The predicted octanol–water partition coefficient (Wildman–Crippen LogP) is 4.18. The van der Waals surface area contributed by atoms with E-state index in [-0.39, 0.29) is 53.4 Å². The molecule has 4 aromatic rings. The lowest BCUT2D eigenvalue weighted by molar-refractivity contribution is -0.120. The van der Waals surface area contributed by atoms with Gasteiger partial charge in [-0.2, -0.15) is 9.61 Å². The van der Waals surface area contributed by atoms with Crippen molar-refractivity contribution in [3.8, 4) is 17.0 Å². The van der Waals surface area contributed by atoms with E-state index < -0.39 is 11.6 Å². The Morgan fingerprint density at radius 2 is 1.93 bits per heavy atom. The van der Waals surface area contributed by atoms with Gasteiger partial charge in [0.1, 0.15) is 24.0 Å². The Hall–Kier alpha value is -4.16. The number of carbonyl (C=O) groups is 1. The number of pyridine rings is 1. The van der Waals surface area contributed by atoms with Gasteiger partial charge in [-0.3, -0.25) is 9.78 Å². The van der Waals surface area contributed by atoms with E-state index >= 15 is 8.78 Å². The van der Waals surface area contributed by atoms with E-state index in [2.05, 4.69) is 32.6 Å². The first-order valence-electron chi connectivity index (χ1n) is 13.4. The van der Waals surface area contributed by atoms with Gasteiger partial charge < -0.3 is 25.8 Å². The molecule has 3 aromatic heterocycles. The molecule has 1 aromatic carbocycles. The molecule has 3 heterocycles. The molecule has 0 radical (unpaired) electrons. The highest BCUT2D eigenvalue weighted by Crippen LogP contribution is 2.39. The number of hydrogen-bond acceptors (Lipinski definition) is 8. The second-order valence-corrected chi connectivity index (χ2v) is 10.4. The van der Waals surface area contributed by atoms with Crippen molar-refractivity contribution in [3.63, 3.8) is 0 Å². The van der Waals surface area contributed by atoms with Crippen LogP contribution in [0.3, 0.4) is 0 Å². The fourth-order valence-corrected chi connectivity index (χ4v) is 5.54. The molecule has 216 valence electrons. The number of fused-ring (bicyclic) bond motifs is 1. The Kier molecular flexibility index (Phi) is 8.41. The van der Waals surface area contributed by atoms with Crippen LogP contribution < -0.4 is 21.1 Å². The van der Waals surface area contributed by atoms with Gasteiger partial charge in [0.05, 0.1) is 41.5 Å². The van der Waals surface area contributed by atoms with Gasteiger partial charge in [0.15, 0.2) is 0 Å². The number of nitrogens with one attached hydrogen (secondary N) is 2. The van der Waals surface area contributed by atoms with Crippen LogP contribution in [-0.2, 0) is 9.53 Å².